The smallest absolute Gasteiger partial charge is 0.315 e. The lowest BCUT2D eigenvalue weighted by Gasteiger charge is -2.16. The second-order valence-corrected chi connectivity index (χ2v) is 9.61. The largest absolute Gasteiger partial charge is 0.440 e. The van der Waals surface area contributed by atoms with Gasteiger partial charge in [-0.25, -0.2) is 9.37 Å². The minimum atomic E-state index is -1.31. The van der Waals surface area contributed by atoms with E-state index in [1.807, 2.05) is 40.7 Å². The van der Waals surface area contributed by atoms with Crippen LogP contribution in [0, 0.1) is 33.9 Å². The number of carbonyl (C=O) groups is 1. The van der Waals surface area contributed by atoms with Crippen LogP contribution >= 0.6 is 0 Å². The Morgan fingerprint density at radius 3 is 2.61 bits per heavy atom. The van der Waals surface area contributed by atoms with Crippen LogP contribution in [-0.4, -0.2) is 17.6 Å². The molecule has 33 heavy (non-hydrogen) atoms. The maximum Gasteiger partial charge on any atom is 0.315 e. The van der Waals surface area contributed by atoms with Crippen LogP contribution in [0.25, 0.3) is 0 Å². The molecule has 3 rings (SSSR count). The number of hydrogen-bond acceptors (Lipinski definition) is 7. The molecule has 0 bridgehead atoms. The van der Waals surface area contributed by atoms with Gasteiger partial charge in [-0.3, -0.25) is 15.1 Å². The van der Waals surface area contributed by atoms with Gasteiger partial charge in [-0.2, -0.15) is 5.26 Å². The zero-order chi connectivity index (χ0) is 24.2. The minimum Gasteiger partial charge on any atom is -0.440 e. The lowest BCUT2D eigenvalue weighted by molar-refractivity contribution is -0.149. The molecular weight excluding hydrogens is 425 g/mol. The number of ether oxygens (including phenoxy) is 2. The van der Waals surface area contributed by atoms with Crippen LogP contribution in [0.4, 0.5) is 4.39 Å². The van der Waals surface area contributed by atoms with Crippen LogP contribution in [0.1, 0.15) is 46.4 Å². The Morgan fingerprint density at radius 2 is 1.97 bits per heavy atom. The van der Waals surface area contributed by atoms with Crippen molar-refractivity contribution >= 4 is 5.97 Å². The van der Waals surface area contributed by atoms with Gasteiger partial charge in [0.2, 0.25) is 6.10 Å². The number of carbonyl (C=O) groups excluding carboxylic acids is 1. The number of esters is 1. The molecule has 2 aromatic rings. The maximum atomic E-state index is 14.2. The summed E-state index contributed by atoms with van der Waals surface area (Å²) in [7, 11) is 0. The molecule has 1 saturated carbocycles. The zero-order valence-corrected chi connectivity index (χ0v) is 19.4. The van der Waals surface area contributed by atoms with Crippen LogP contribution in [-0.2, 0) is 14.4 Å². The Kier molecular flexibility index (Phi) is 7.04. The third-order valence-corrected chi connectivity index (χ3v) is 5.15. The highest BCUT2D eigenvalue weighted by atomic mass is 19.1. The average molecular weight is 454 g/mol. The van der Waals surface area contributed by atoms with Gasteiger partial charge in [-0.15, -0.1) is 0 Å². The Labute approximate surface area is 193 Å². The van der Waals surface area contributed by atoms with E-state index in [2.05, 4.69) is 10.5 Å². The first-order valence-electron chi connectivity index (χ1n) is 10.6. The van der Waals surface area contributed by atoms with E-state index in [9.17, 15) is 14.4 Å². The third-order valence-electron chi connectivity index (χ3n) is 5.15. The van der Waals surface area contributed by atoms with Crippen LogP contribution in [0.5, 0.6) is 11.6 Å². The number of nitriles is 1. The van der Waals surface area contributed by atoms with E-state index in [4.69, 9.17) is 14.3 Å². The van der Waals surface area contributed by atoms with Crippen LogP contribution in [0.3, 0.4) is 0 Å². The van der Waals surface area contributed by atoms with Gasteiger partial charge in [0.1, 0.15) is 11.8 Å². The molecule has 1 aromatic heterocycles. The molecule has 2 atom stereocenters. The van der Waals surface area contributed by atoms with E-state index in [0.29, 0.717) is 12.4 Å². The molecule has 7 nitrogen and oxygen atoms in total. The molecular formula is C25H28FN3O4. The molecule has 1 N–H and O–H groups in total. The van der Waals surface area contributed by atoms with Gasteiger partial charge in [0.25, 0.3) is 5.88 Å². The van der Waals surface area contributed by atoms with E-state index < -0.39 is 29.2 Å². The molecule has 2 unspecified atom stereocenters. The second kappa shape index (κ2) is 9.59. The van der Waals surface area contributed by atoms with Crippen LogP contribution in [0.2, 0.25) is 0 Å². The van der Waals surface area contributed by atoms with Crippen LogP contribution in [0.15, 0.2) is 54.2 Å². The summed E-state index contributed by atoms with van der Waals surface area (Å²) in [6, 6.07) is 12.9. The predicted molar refractivity (Wildman–Crippen MR) is 119 cm³/mol. The average Bonchev–Trinajstić information content (AvgIpc) is 3.31. The normalized spacial score (nSPS) is 18.8. The molecule has 0 radical (unpaired) electrons. The lowest BCUT2D eigenvalue weighted by Crippen LogP contribution is -2.19. The van der Waals surface area contributed by atoms with E-state index in [1.165, 1.54) is 6.07 Å². The summed E-state index contributed by atoms with van der Waals surface area (Å²) in [6.07, 6.45) is 0.347. The number of halogens is 1. The molecule has 8 heteroatoms. The van der Waals surface area contributed by atoms with E-state index in [1.54, 1.807) is 36.5 Å². The van der Waals surface area contributed by atoms with Crippen molar-refractivity contribution in [2.75, 3.05) is 6.61 Å². The van der Waals surface area contributed by atoms with Crippen molar-refractivity contribution in [3.8, 4) is 17.7 Å². The molecule has 174 valence electrons. The molecule has 1 aliphatic carbocycles. The maximum absolute atomic E-state index is 14.2. The molecule has 0 aliphatic heterocycles. The zero-order valence-electron chi connectivity index (χ0n) is 19.4. The predicted octanol–water partition coefficient (Wildman–Crippen LogP) is 5.23. The third kappa shape index (κ3) is 6.08. The number of hydroxylamine groups is 1. The standard InChI is InChI=1S/C25H28FN3O4/c1-24(2,3)15-31-28-14-17-21(25(17,4)5)23(30)33-20(13-27)19-12-11-18(26)22(29-19)32-16-9-7-6-8-10-16/h6-12,14,20-21,28H,15H2,1-5H3. The van der Waals surface area contributed by atoms with Gasteiger partial charge >= 0.3 is 5.97 Å². The van der Waals surface area contributed by atoms with Gasteiger partial charge < -0.3 is 9.47 Å². The lowest BCUT2D eigenvalue weighted by atomic mass is 9.99. The molecule has 1 aliphatic rings. The summed E-state index contributed by atoms with van der Waals surface area (Å²) in [4.78, 5) is 22.3. The molecule has 0 spiro atoms. The monoisotopic (exact) mass is 453 g/mol. The SMILES string of the molecule is CC(C)(C)CONC=C1C(C(=O)OC(C#N)c2ccc(F)c(Oc3ccccc3)n2)C1(C)C. The number of nitrogens with one attached hydrogen (secondary N) is 1. The van der Waals surface area contributed by atoms with Gasteiger partial charge in [-0.05, 0) is 35.3 Å². The fourth-order valence-electron chi connectivity index (χ4n) is 3.23. The number of rotatable bonds is 8. The minimum absolute atomic E-state index is 0.00579. The molecule has 0 saturated heterocycles. The number of hydrogen-bond donors (Lipinski definition) is 1. The highest BCUT2D eigenvalue weighted by molar-refractivity contribution is 5.84. The van der Waals surface area contributed by atoms with Gasteiger partial charge in [-0.1, -0.05) is 52.8 Å². The first-order chi connectivity index (χ1) is 15.5. The number of nitrogens with zero attached hydrogens (tertiary/aromatic N) is 2. The highest BCUT2D eigenvalue weighted by Gasteiger charge is 2.58. The number of pyridine rings is 1. The van der Waals surface area contributed by atoms with Crippen molar-refractivity contribution < 1.29 is 23.5 Å². The van der Waals surface area contributed by atoms with E-state index in [0.717, 1.165) is 11.6 Å². The van der Waals surface area contributed by atoms with Gasteiger partial charge in [0.05, 0.1) is 18.2 Å². The molecule has 1 aromatic carbocycles. The fourth-order valence-corrected chi connectivity index (χ4v) is 3.23. The fraction of sp³-hybridized carbons (Fsp3) is 0.400. The summed E-state index contributed by atoms with van der Waals surface area (Å²) in [6.45, 7) is 10.4. The van der Waals surface area contributed by atoms with Crippen LogP contribution < -0.4 is 10.2 Å². The number of benzene rings is 1. The summed E-state index contributed by atoms with van der Waals surface area (Å²) in [5.74, 6) is -1.70. The Morgan fingerprint density at radius 1 is 1.27 bits per heavy atom. The Bertz CT molecular complexity index is 1070. The van der Waals surface area contributed by atoms with Crippen molar-refractivity contribution in [3.05, 3.63) is 65.7 Å². The van der Waals surface area contributed by atoms with E-state index in [-0.39, 0.29) is 17.0 Å². The van der Waals surface area contributed by atoms with Gasteiger partial charge in [0, 0.05) is 11.6 Å². The number of para-hydroxylation sites is 1. The van der Waals surface area contributed by atoms with Crippen molar-refractivity contribution in [3.63, 3.8) is 0 Å². The summed E-state index contributed by atoms with van der Waals surface area (Å²) >= 11 is 0. The highest BCUT2D eigenvalue weighted by Crippen LogP contribution is 2.58. The topological polar surface area (TPSA) is 93.5 Å². The quantitative estimate of drug-likeness (QED) is 0.332. The summed E-state index contributed by atoms with van der Waals surface area (Å²) < 4.78 is 25.1. The van der Waals surface area contributed by atoms with Crippen molar-refractivity contribution in [1.29, 1.82) is 5.26 Å². The summed E-state index contributed by atoms with van der Waals surface area (Å²) in [5, 5.41) is 9.58. The van der Waals surface area contributed by atoms with E-state index >= 15 is 0 Å². The summed E-state index contributed by atoms with van der Waals surface area (Å²) in [5.41, 5.74) is 3.21. The number of aromatic nitrogens is 1. The second-order valence-electron chi connectivity index (χ2n) is 9.61. The first kappa shape index (κ1) is 24.2. The first-order valence-corrected chi connectivity index (χ1v) is 10.6. The van der Waals surface area contributed by atoms with Crippen molar-refractivity contribution in [2.45, 2.75) is 40.7 Å². The molecule has 0 amide bonds. The van der Waals surface area contributed by atoms with Gasteiger partial charge in [0.15, 0.2) is 5.82 Å². The Hall–Kier alpha value is -3.44. The Balaban J connectivity index is 1.68. The van der Waals surface area contributed by atoms with Crippen molar-refractivity contribution in [1.82, 2.24) is 10.5 Å². The molecule has 1 fully saturated rings. The molecule has 1 heterocycles. The van der Waals surface area contributed by atoms with Crippen molar-refractivity contribution in [2.24, 2.45) is 16.7 Å².